The van der Waals surface area contributed by atoms with E-state index in [9.17, 15) is 4.79 Å². The van der Waals surface area contributed by atoms with Crippen LogP contribution in [-0.2, 0) is 0 Å². The molecule has 0 fully saturated rings. The van der Waals surface area contributed by atoms with Gasteiger partial charge in [0.05, 0.1) is 5.56 Å². The number of rotatable bonds is 1. The van der Waals surface area contributed by atoms with Gasteiger partial charge in [0.25, 0.3) is 0 Å². The largest absolute Gasteiger partial charge is 0.478 e. The van der Waals surface area contributed by atoms with Crippen LogP contribution >= 0.6 is 45.2 Å². The van der Waals surface area contributed by atoms with Gasteiger partial charge in [-0.3, -0.25) is 0 Å². The van der Waals surface area contributed by atoms with E-state index in [1.807, 2.05) is 6.92 Å². The number of carboxylic acids is 1. The molecule has 1 N–H and O–H groups in total. The zero-order valence-electron chi connectivity index (χ0n) is 6.27. The summed E-state index contributed by atoms with van der Waals surface area (Å²) < 4.78 is 1.99. The summed E-state index contributed by atoms with van der Waals surface area (Å²) in [6.45, 7) is 1.98. The molecule has 12 heavy (non-hydrogen) atoms. The zero-order valence-corrected chi connectivity index (χ0v) is 10.6. The van der Waals surface area contributed by atoms with Crippen LogP contribution in [0.25, 0.3) is 0 Å². The van der Waals surface area contributed by atoms with Crippen molar-refractivity contribution in [3.05, 3.63) is 30.4 Å². The van der Waals surface area contributed by atoms with Crippen molar-refractivity contribution in [2.45, 2.75) is 6.92 Å². The van der Waals surface area contributed by atoms with Gasteiger partial charge < -0.3 is 5.11 Å². The molecule has 0 spiro atoms. The molecule has 0 aliphatic heterocycles. The Balaban J connectivity index is 3.31. The van der Waals surface area contributed by atoms with Crippen LogP contribution in [0.4, 0.5) is 0 Å². The third kappa shape index (κ3) is 2.09. The summed E-state index contributed by atoms with van der Waals surface area (Å²) in [5, 5.41) is 8.72. The summed E-state index contributed by atoms with van der Waals surface area (Å²) in [4.78, 5) is 10.6. The molecule has 0 heterocycles. The predicted molar refractivity (Wildman–Crippen MR) is 63.6 cm³/mol. The molecular formula is C8H6I2O2. The van der Waals surface area contributed by atoms with Crippen LogP contribution in [0.2, 0.25) is 0 Å². The lowest BCUT2D eigenvalue weighted by Crippen LogP contribution is -1.99. The maximum Gasteiger partial charge on any atom is 0.335 e. The van der Waals surface area contributed by atoms with E-state index in [0.29, 0.717) is 5.56 Å². The monoisotopic (exact) mass is 388 g/mol. The van der Waals surface area contributed by atoms with Crippen molar-refractivity contribution in [3.8, 4) is 0 Å². The number of hydrogen-bond donors (Lipinski definition) is 1. The van der Waals surface area contributed by atoms with Crippen molar-refractivity contribution in [2.75, 3.05) is 0 Å². The lowest BCUT2D eigenvalue weighted by Gasteiger charge is -2.02. The number of aromatic carboxylic acids is 1. The molecule has 0 radical (unpaired) electrons. The van der Waals surface area contributed by atoms with Crippen molar-refractivity contribution in [3.63, 3.8) is 0 Å². The summed E-state index contributed by atoms with van der Waals surface area (Å²) in [6, 6.07) is 3.36. The average Bonchev–Trinajstić information content (AvgIpc) is 1.99. The average molecular weight is 388 g/mol. The molecule has 0 amide bonds. The van der Waals surface area contributed by atoms with E-state index in [1.54, 1.807) is 12.1 Å². The molecule has 4 heteroatoms. The van der Waals surface area contributed by atoms with Crippen LogP contribution < -0.4 is 0 Å². The van der Waals surface area contributed by atoms with E-state index >= 15 is 0 Å². The number of carbonyl (C=O) groups is 1. The number of halogens is 2. The zero-order chi connectivity index (χ0) is 9.30. The van der Waals surface area contributed by atoms with Gasteiger partial charge in [-0.1, -0.05) is 0 Å². The summed E-state index contributed by atoms with van der Waals surface area (Å²) in [7, 11) is 0. The highest BCUT2D eigenvalue weighted by Gasteiger charge is 2.07. The minimum Gasteiger partial charge on any atom is -0.478 e. The maximum atomic E-state index is 10.6. The second-order valence-corrected chi connectivity index (χ2v) is 4.69. The SMILES string of the molecule is Cc1c(I)cc(C(=O)O)cc1I. The summed E-state index contributed by atoms with van der Waals surface area (Å²) in [6.07, 6.45) is 0. The van der Waals surface area contributed by atoms with Gasteiger partial charge in [-0.15, -0.1) is 0 Å². The first-order chi connectivity index (χ1) is 5.52. The van der Waals surface area contributed by atoms with Crippen LogP contribution in [0.15, 0.2) is 12.1 Å². The molecule has 2 nitrogen and oxygen atoms in total. The molecule has 0 bridgehead atoms. The Hall–Kier alpha value is 0.150. The van der Waals surface area contributed by atoms with Gasteiger partial charge in [-0.05, 0) is 69.8 Å². The number of benzene rings is 1. The minimum atomic E-state index is -0.870. The molecule has 0 aromatic heterocycles. The van der Waals surface area contributed by atoms with Gasteiger partial charge in [0.15, 0.2) is 0 Å². The first kappa shape index (κ1) is 10.2. The van der Waals surface area contributed by atoms with E-state index in [0.717, 1.165) is 12.7 Å². The normalized spacial score (nSPS) is 9.92. The Morgan fingerprint density at radius 1 is 1.33 bits per heavy atom. The highest BCUT2D eigenvalue weighted by atomic mass is 127. The molecule has 1 rings (SSSR count). The highest BCUT2D eigenvalue weighted by molar-refractivity contribution is 14.1. The van der Waals surface area contributed by atoms with Crippen molar-refractivity contribution < 1.29 is 9.90 Å². The lowest BCUT2D eigenvalue weighted by molar-refractivity contribution is 0.0696. The van der Waals surface area contributed by atoms with E-state index < -0.39 is 5.97 Å². The first-order valence-corrected chi connectivity index (χ1v) is 5.37. The Kier molecular flexibility index (Phi) is 3.33. The molecule has 1 aromatic carbocycles. The number of hydrogen-bond acceptors (Lipinski definition) is 1. The van der Waals surface area contributed by atoms with Gasteiger partial charge in [-0.2, -0.15) is 0 Å². The Morgan fingerprint density at radius 2 is 1.75 bits per heavy atom. The molecule has 0 aliphatic carbocycles. The van der Waals surface area contributed by atoms with Crippen molar-refractivity contribution in [1.29, 1.82) is 0 Å². The quantitative estimate of drug-likeness (QED) is 0.752. The van der Waals surface area contributed by atoms with E-state index in [-0.39, 0.29) is 0 Å². The van der Waals surface area contributed by atoms with Gasteiger partial charge in [-0.25, -0.2) is 4.79 Å². The van der Waals surface area contributed by atoms with E-state index in [1.165, 1.54) is 0 Å². The standard InChI is InChI=1S/C8H6I2O2/c1-4-6(9)2-5(8(11)12)3-7(4)10/h2-3H,1H3,(H,11,12). The van der Waals surface area contributed by atoms with Gasteiger partial charge in [0, 0.05) is 7.14 Å². The number of carboxylic acid groups (broad SMARTS) is 1. The minimum absolute atomic E-state index is 0.356. The van der Waals surface area contributed by atoms with Gasteiger partial charge in [0.1, 0.15) is 0 Å². The van der Waals surface area contributed by atoms with Crippen LogP contribution in [-0.4, -0.2) is 11.1 Å². The second kappa shape index (κ2) is 3.91. The van der Waals surface area contributed by atoms with Crippen molar-refractivity contribution >= 4 is 51.2 Å². The molecular weight excluding hydrogens is 382 g/mol. The van der Waals surface area contributed by atoms with E-state index in [4.69, 9.17) is 5.11 Å². The molecule has 0 atom stereocenters. The fourth-order valence-corrected chi connectivity index (χ4v) is 2.54. The molecule has 0 saturated heterocycles. The Bertz CT molecular complexity index is 311. The topological polar surface area (TPSA) is 37.3 Å². The van der Waals surface area contributed by atoms with Gasteiger partial charge >= 0.3 is 5.97 Å². The molecule has 64 valence electrons. The van der Waals surface area contributed by atoms with Gasteiger partial charge in [0.2, 0.25) is 0 Å². The summed E-state index contributed by atoms with van der Waals surface area (Å²) in [5.41, 5.74) is 1.50. The smallest absolute Gasteiger partial charge is 0.335 e. The lowest BCUT2D eigenvalue weighted by atomic mass is 10.1. The fraction of sp³-hybridized carbons (Fsp3) is 0.125. The highest BCUT2D eigenvalue weighted by Crippen LogP contribution is 2.20. The van der Waals surface area contributed by atoms with Crippen LogP contribution in [0.5, 0.6) is 0 Å². The Morgan fingerprint density at radius 3 is 2.08 bits per heavy atom. The first-order valence-electron chi connectivity index (χ1n) is 3.21. The summed E-state index contributed by atoms with van der Waals surface area (Å²) in [5.74, 6) is -0.870. The fourth-order valence-electron chi connectivity index (χ4n) is 0.769. The molecule has 0 saturated carbocycles. The third-order valence-electron chi connectivity index (χ3n) is 1.53. The van der Waals surface area contributed by atoms with Crippen LogP contribution in [0.1, 0.15) is 15.9 Å². The maximum absolute atomic E-state index is 10.6. The van der Waals surface area contributed by atoms with Crippen molar-refractivity contribution in [1.82, 2.24) is 0 Å². The second-order valence-electron chi connectivity index (χ2n) is 2.37. The molecule has 1 aromatic rings. The van der Waals surface area contributed by atoms with Crippen LogP contribution in [0.3, 0.4) is 0 Å². The Labute approximate surface area is 97.6 Å². The van der Waals surface area contributed by atoms with Crippen LogP contribution in [0, 0.1) is 14.1 Å². The third-order valence-corrected chi connectivity index (χ3v) is 3.77. The predicted octanol–water partition coefficient (Wildman–Crippen LogP) is 2.90. The van der Waals surface area contributed by atoms with Crippen molar-refractivity contribution in [2.24, 2.45) is 0 Å². The molecule has 0 unspecified atom stereocenters. The van der Waals surface area contributed by atoms with E-state index in [2.05, 4.69) is 45.2 Å². The summed E-state index contributed by atoms with van der Waals surface area (Å²) >= 11 is 4.28. The molecule has 0 aliphatic rings.